The molecule has 6 nitrogen and oxygen atoms in total. The first-order valence-corrected chi connectivity index (χ1v) is 7.81. The van der Waals surface area contributed by atoms with Crippen LogP contribution in [0.1, 0.15) is 5.56 Å². The van der Waals surface area contributed by atoms with E-state index in [0.717, 1.165) is 5.56 Å². The Labute approximate surface area is 144 Å². The molecule has 0 radical (unpaired) electrons. The van der Waals surface area contributed by atoms with Crippen molar-refractivity contribution in [2.24, 2.45) is 0 Å². The number of carbonyl (C=O) groups excluding carboxylic acids is 2. The van der Waals surface area contributed by atoms with Crippen LogP contribution in [0.15, 0.2) is 42.7 Å². The van der Waals surface area contributed by atoms with Crippen molar-refractivity contribution >= 4 is 29.1 Å². The van der Waals surface area contributed by atoms with Gasteiger partial charge in [0.25, 0.3) is 0 Å². The number of amides is 2. The van der Waals surface area contributed by atoms with E-state index in [0.29, 0.717) is 36.1 Å². The van der Waals surface area contributed by atoms with E-state index in [-0.39, 0.29) is 0 Å². The van der Waals surface area contributed by atoms with E-state index in [1.54, 1.807) is 35.5 Å². The molecule has 0 aliphatic carbocycles. The van der Waals surface area contributed by atoms with Crippen molar-refractivity contribution in [3.05, 3.63) is 53.3 Å². The molecule has 24 heavy (non-hydrogen) atoms. The lowest BCUT2D eigenvalue weighted by atomic mass is 10.2. The molecule has 1 fully saturated rings. The number of aromatic nitrogens is 1. The summed E-state index contributed by atoms with van der Waals surface area (Å²) in [5.74, 6) is -0.558. The summed E-state index contributed by atoms with van der Waals surface area (Å²) in [6, 6.07) is 8.68. The molecule has 1 aliphatic rings. The molecule has 1 aromatic heterocycles. The number of benzene rings is 1. The third-order valence-corrected chi connectivity index (χ3v) is 4.17. The zero-order valence-corrected chi connectivity index (χ0v) is 13.9. The number of methoxy groups -OCH3 is 1. The van der Waals surface area contributed by atoms with Crippen LogP contribution in [0.5, 0.6) is 5.75 Å². The van der Waals surface area contributed by atoms with Crippen LogP contribution in [0.3, 0.4) is 0 Å². The molecule has 0 saturated carbocycles. The zero-order chi connectivity index (χ0) is 17.1. The predicted octanol–water partition coefficient (Wildman–Crippen LogP) is 2.12. The van der Waals surface area contributed by atoms with Crippen LogP contribution in [-0.2, 0) is 16.1 Å². The third-order valence-electron chi connectivity index (χ3n) is 3.88. The van der Waals surface area contributed by atoms with Gasteiger partial charge >= 0.3 is 11.8 Å². The number of nitrogens with zero attached hydrogens (tertiary/aromatic N) is 3. The van der Waals surface area contributed by atoms with Gasteiger partial charge in [0.05, 0.1) is 12.1 Å². The summed E-state index contributed by atoms with van der Waals surface area (Å²) in [6.07, 6.45) is 3.33. The standard InChI is InChI=1S/C17H16ClN3O3/c1-24-15-3-2-13(10-14(15)18)21-9-8-20(16(22)17(21)23)11-12-4-6-19-7-5-12/h2-7,10H,8-9,11H2,1H3. The molecule has 0 N–H and O–H groups in total. The lowest BCUT2D eigenvalue weighted by molar-refractivity contribution is -0.146. The SMILES string of the molecule is COc1ccc(N2CCN(Cc3ccncc3)C(=O)C2=O)cc1Cl. The number of pyridine rings is 1. The number of piperazine rings is 1. The summed E-state index contributed by atoms with van der Waals surface area (Å²) in [4.78, 5) is 31.8. The molecule has 7 heteroatoms. The van der Waals surface area contributed by atoms with Crippen molar-refractivity contribution in [2.45, 2.75) is 6.54 Å². The van der Waals surface area contributed by atoms with Crippen molar-refractivity contribution in [3.63, 3.8) is 0 Å². The van der Waals surface area contributed by atoms with Crippen molar-refractivity contribution in [1.82, 2.24) is 9.88 Å². The van der Waals surface area contributed by atoms with Crippen molar-refractivity contribution in [3.8, 4) is 5.75 Å². The second-order valence-corrected chi connectivity index (χ2v) is 5.77. The largest absolute Gasteiger partial charge is 0.495 e. The summed E-state index contributed by atoms with van der Waals surface area (Å²) in [6.45, 7) is 1.26. The fraction of sp³-hybridized carbons (Fsp3) is 0.235. The van der Waals surface area contributed by atoms with Crippen molar-refractivity contribution < 1.29 is 14.3 Å². The minimum Gasteiger partial charge on any atom is -0.495 e. The molecule has 1 aromatic carbocycles. The fourth-order valence-electron chi connectivity index (χ4n) is 2.60. The Morgan fingerprint density at radius 2 is 1.88 bits per heavy atom. The van der Waals surface area contributed by atoms with Gasteiger partial charge in [-0.25, -0.2) is 0 Å². The summed E-state index contributed by atoms with van der Waals surface area (Å²) in [5.41, 5.74) is 1.52. The first-order valence-electron chi connectivity index (χ1n) is 7.43. The van der Waals surface area contributed by atoms with Crippen LogP contribution < -0.4 is 9.64 Å². The van der Waals surface area contributed by atoms with Gasteiger partial charge in [0.15, 0.2) is 0 Å². The van der Waals surface area contributed by atoms with E-state index in [4.69, 9.17) is 16.3 Å². The Morgan fingerprint density at radius 1 is 1.12 bits per heavy atom. The molecule has 0 atom stereocenters. The van der Waals surface area contributed by atoms with Gasteiger partial charge in [-0.15, -0.1) is 0 Å². The second-order valence-electron chi connectivity index (χ2n) is 5.36. The summed E-state index contributed by atoms with van der Waals surface area (Å²) in [5, 5.41) is 0.398. The lowest BCUT2D eigenvalue weighted by Crippen LogP contribution is -2.54. The molecule has 124 valence electrons. The van der Waals surface area contributed by atoms with E-state index < -0.39 is 11.8 Å². The van der Waals surface area contributed by atoms with Crippen LogP contribution in [0.25, 0.3) is 0 Å². The van der Waals surface area contributed by atoms with E-state index in [1.807, 2.05) is 12.1 Å². The van der Waals surface area contributed by atoms with Crippen molar-refractivity contribution in [1.29, 1.82) is 0 Å². The molecule has 0 unspecified atom stereocenters. The Hall–Kier alpha value is -2.60. The highest BCUT2D eigenvalue weighted by Crippen LogP contribution is 2.30. The summed E-state index contributed by atoms with van der Waals surface area (Å²) < 4.78 is 5.10. The van der Waals surface area contributed by atoms with Gasteiger partial charge < -0.3 is 14.5 Å². The van der Waals surface area contributed by atoms with Crippen LogP contribution in [0.2, 0.25) is 5.02 Å². The van der Waals surface area contributed by atoms with Crippen LogP contribution >= 0.6 is 11.6 Å². The summed E-state index contributed by atoms with van der Waals surface area (Å²) >= 11 is 6.10. The first-order chi connectivity index (χ1) is 11.6. The zero-order valence-electron chi connectivity index (χ0n) is 13.1. The van der Waals surface area contributed by atoms with Crippen molar-refractivity contribution in [2.75, 3.05) is 25.1 Å². The molecule has 1 aliphatic heterocycles. The molecule has 3 rings (SSSR count). The number of hydrogen-bond acceptors (Lipinski definition) is 4. The van der Waals surface area contributed by atoms with E-state index in [2.05, 4.69) is 4.98 Å². The molecule has 0 spiro atoms. The lowest BCUT2D eigenvalue weighted by Gasteiger charge is -2.34. The topological polar surface area (TPSA) is 62.7 Å². The maximum Gasteiger partial charge on any atom is 0.316 e. The van der Waals surface area contributed by atoms with E-state index in [9.17, 15) is 9.59 Å². The maximum absolute atomic E-state index is 12.4. The Balaban J connectivity index is 1.75. The molecular weight excluding hydrogens is 330 g/mol. The highest BCUT2D eigenvalue weighted by molar-refractivity contribution is 6.41. The number of halogens is 1. The Morgan fingerprint density at radius 3 is 2.54 bits per heavy atom. The first kappa shape index (κ1) is 16.3. The third kappa shape index (κ3) is 3.19. The van der Waals surface area contributed by atoms with Gasteiger partial charge in [-0.3, -0.25) is 14.6 Å². The van der Waals surface area contributed by atoms with Gasteiger partial charge in [-0.1, -0.05) is 11.6 Å². The maximum atomic E-state index is 12.4. The molecule has 1 saturated heterocycles. The minimum atomic E-state index is -0.559. The summed E-state index contributed by atoms with van der Waals surface area (Å²) in [7, 11) is 1.52. The molecule has 0 bridgehead atoms. The number of carbonyl (C=O) groups is 2. The van der Waals surface area contributed by atoms with E-state index >= 15 is 0 Å². The van der Waals surface area contributed by atoms with Gasteiger partial charge in [0, 0.05) is 37.7 Å². The van der Waals surface area contributed by atoms with Gasteiger partial charge in [0.2, 0.25) is 0 Å². The highest BCUT2D eigenvalue weighted by Gasteiger charge is 2.33. The highest BCUT2D eigenvalue weighted by atomic mass is 35.5. The second kappa shape index (κ2) is 6.88. The predicted molar refractivity (Wildman–Crippen MR) is 90.0 cm³/mol. The fourth-order valence-corrected chi connectivity index (χ4v) is 2.86. The molecule has 2 amide bonds. The van der Waals surface area contributed by atoms with E-state index in [1.165, 1.54) is 12.0 Å². The quantitative estimate of drug-likeness (QED) is 0.796. The smallest absolute Gasteiger partial charge is 0.316 e. The average Bonchev–Trinajstić information content (AvgIpc) is 2.60. The number of anilines is 1. The van der Waals surface area contributed by atoms with Gasteiger partial charge in [0.1, 0.15) is 5.75 Å². The Bertz CT molecular complexity index is 767. The normalized spacial score (nSPS) is 14.9. The Kier molecular flexibility index (Phi) is 4.66. The molecular formula is C17H16ClN3O3. The van der Waals surface area contributed by atoms with Crippen LogP contribution in [0, 0.1) is 0 Å². The van der Waals surface area contributed by atoms with Crippen LogP contribution in [0.4, 0.5) is 5.69 Å². The number of hydrogen-bond donors (Lipinski definition) is 0. The average molecular weight is 346 g/mol. The molecule has 2 heterocycles. The number of rotatable bonds is 4. The van der Waals surface area contributed by atoms with Crippen LogP contribution in [-0.4, -0.2) is 41.9 Å². The van der Waals surface area contributed by atoms with Gasteiger partial charge in [-0.05, 0) is 35.9 Å². The molecule has 2 aromatic rings. The minimum absolute atomic E-state index is 0.393. The van der Waals surface area contributed by atoms with Gasteiger partial charge in [-0.2, -0.15) is 0 Å². The number of ether oxygens (including phenoxy) is 1. The monoisotopic (exact) mass is 345 g/mol.